The van der Waals surface area contributed by atoms with Gasteiger partial charge in [0.15, 0.2) is 0 Å². The number of hydrogen-bond donors (Lipinski definition) is 1. The highest BCUT2D eigenvalue weighted by atomic mass is 16.2. The van der Waals surface area contributed by atoms with Crippen LogP contribution < -0.4 is 17.0 Å². The third-order valence-corrected chi connectivity index (χ3v) is 5.90. The van der Waals surface area contributed by atoms with Crippen LogP contribution in [0.5, 0.6) is 0 Å². The fourth-order valence-electron chi connectivity index (χ4n) is 4.36. The molecule has 154 valence electrons. The third kappa shape index (κ3) is 2.72. The van der Waals surface area contributed by atoms with Crippen LogP contribution in [0.2, 0.25) is 0 Å². The Balaban J connectivity index is 2.03. The first kappa shape index (κ1) is 18.9. The van der Waals surface area contributed by atoms with Crippen molar-refractivity contribution < 1.29 is 0 Å². The second kappa shape index (κ2) is 6.74. The first-order chi connectivity index (χ1) is 14.9. The summed E-state index contributed by atoms with van der Waals surface area (Å²) in [5.41, 5.74) is 10.5. The van der Waals surface area contributed by atoms with Gasteiger partial charge in [0.1, 0.15) is 0 Å². The van der Waals surface area contributed by atoms with Crippen LogP contribution in [-0.2, 0) is 14.1 Å². The van der Waals surface area contributed by atoms with E-state index in [-0.39, 0.29) is 11.2 Å². The van der Waals surface area contributed by atoms with E-state index in [1.807, 2.05) is 78.4 Å². The Hall–Kier alpha value is -4.06. The second-order valence-electron chi connectivity index (χ2n) is 7.91. The van der Waals surface area contributed by atoms with Crippen LogP contribution in [0.4, 0.5) is 5.69 Å². The van der Waals surface area contributed by atoms with Crippen molar-refractivity contribution in [2.24, 2.45) is 14.1 Å². The lowest BCUT2D eigenvalue weighted by molar-refractivity contribution is 0.714. The van der Waals surface area contributed by atoms with E-state index in [2.05, 4.69) is 0 Å². The zero-order chi connectivity index (χ0) is 21.9. The summed E-state index contributed by atoms with van der Waals surface area (Å²) in [6, 6.07) is 19.8. The molecule has 0 aliphatic carbocycles. The number of nitrogens with zero attached hydrogens (tertiary/aromatic N) is 3. The van der Waals surface area contributed by atoms with E-state index in [0.29, 0.717) is 16.6 Å². The molecule has 0 amide bonds. The molecule has 0 aliphatic heterocycles. The number of aryl methyl sites for hydroxylation is 2. The average Bonchev–Trinajstić information content (AvgIpc) is 3.17. The van der Waals surface area contributed by atoms with E-state index in [9.17, 15) is 9.59 Å². The van der Waals surface area contributed by atoms with Gasteiger partial charge in [0.05, 0.1) is 22.3 Å². The predicted molar refractivity (Wildman–Crippen MR) is 126 cm³/mol. The minimum absolute atomic E-state index is 0.318. The molecular formula is C25H22N4O2. The molecule has 0 aliphatic rings. The van der Waals surface area contributed by atoms with E-state index in [1.165, 1.54) is 11.6 Å². The van der Waals surface area contributed by atoms with Crippen LogP contribution in [-0.4, -0.2) is 13.7 Å². The number of anilines is 1. The van der Waals surface area contributed by atoms with Gasteiger partial charge in [-0.2, -0.15) is 0 Å². The molecule has 0 radical (unpaired) electrons. The lowest BCUT2D eigenvalue weighted by Crippen LogP contribution is -2.36. The normalized spacial score (nSPS) is 11.5. The lowest BCUT2D eigenvalue weighted by atomic mass is 10.0. The maximum absolute atomic E-state index is 13.3. The van der Waals surface area contributed by atoms with Crippen LogP contribution in [0.15, 0.2) is 76.4 Å². The molecule has 2 N–H and O–H groups in total. The summed E-state index contributed by atoms with van der Waals surface area (Å²) in [5.74, 6) is 0. The highest BCUT2D eigenvalue weighted by Gasteiger charge is 2.21. The monoisotopic (exact) mass is 410 g/mol. The molecule has 0 atom stereocenters. The maximum atomic E-state index is 13.3. The van der Waals surface area contributed by atoms with Crippen LogP contribution in [0.1, 0.15) is 5.56 Å². The quantitative estimate of drug-likeness (QED) is 0.451. The van der Waals surface area contributed by atoms with E-state index in [4.69, 9.17) is 5.73 Å². The summed E-state index contributed by atoms with van der Waals surface area (Å²) < 4.78 is 4.66. The van der Waals surface area contributed by atoms with Crippen LogP contribution in [0.3, 0.4) is 0 Å². The Morgan fingerprint density at radius 3 is 2.29 bits per heavy atom. The first-order valence-electron chi connectivity index (χ1n) is 10.0. The number of nitrogen functional groups attached to an aromatic ring is 1. The number of hydrogen-bond acceptors (Lipinski definition) is 3. The predicted octanol–water partition coefficient (Wildman–Crippen LogP) is 3.74. The van der Waals surface area contributed by atoms with Crippen molar-refractivity contribution in [3.05, 3.63) is 93.3 Å². The molecule has 3 aromatic carbocycles. The highest BCUT2D eigenvalue weighted by molar-refractivity contribution is 6.02. The minimum atomic E-state index is -0.358. The largest absolute Gasteiger partial charge is 0.398 e. The molecule has 0 fully saturated rings. The lowest BCUT2D eigenvalue weighted by Gasteiger charge is -2.14. The van der Waals surface area contributed by atoms with Gasteiger partial charge in [-0.25, -0.2) is 4.79 Å². The zero-order valence-electron chi connectivity index (χ0n) is 17.6. The van der Waals surface area contributed by atoms with E-state index in [1.54, 1.807) is 7.05 Å². The highest BCUT2D eigenvalue weighted by Crippen LogP contribution is 2.35. The average molecular weight is 410 g/mol. The Kier molecular flexibility index (Phi) is 4.12. The molecule has 6 nitrogen and oxygen atoms in total. The van der Waals surface area contributed by atoms with Gasteiger partial charge in [0.2, 0.25) is 0 Å². The maximum Gasteiger partial charge on any atom is 0.330 e. The van der Waals surface area contributed by atoms with E-state index in [0.717, 1.165) is 37.8 Å². The van der Waals surface area contributed by atoms with Gasteiger partial charge >= 0.3 is 5.69 Å². The summed E-state index contributed by atoms with van der Waals surface area (Å²) in [5, 5.41) is 2.41. The SMILES string of the molecule is Cc1cccc(-c2c3c(=O)n(C)c(=O)n(C)c3cn2-c2cccc3cccc(N)c23)c1. The zero-order valence-corrected chi connectivity index (χ0v) is 17.6. The second-order valence-corrected chi connectivity index (χ2v) is 7.91. The summed E-state index contributed by atoms with van der Waals surface area (Å²) in [4.78, 5) is 25.9. The standard InChI is InChI=1S/C25H22N4O2/c1-15-7-4-10-17(13-15)23-22-20(27(2)25(31)28(3)24(22)30)14-29(23)19-12-6-9-16-8-5-11-18(26)21(16)19/h4-14H,26H2,1-3H3. The topological polar surface area (TPSA) is 75.0 Å². The molecule has 2 aromatic heterocycles. The Labute approximate surface area is 178 Å². The number of aromatic nitrogens is 3. The van der Waals surface area contributed by atoms with Crippen molar-refractivity contribution in [2.45, 2.75) is 6.92 Å². The molecule has 2 heterocycles. The van der Waals surface area contributed by atoms with Gasteiger partial charge < -0.3 is 10.3 Å². The fourth-order valence-corrected chi connectivity index (χ4v) is 4.36. The summed E-state index contributed by atoms with van der Waals surface area (Å²) in [6.45, 7) is 2.02. The van der Waals surface area contributed by atoms with Gasteiger partial charge in [-0.05, 0) is 36.1 Å². The molecule has 31 heavy (non-hydrogen) atoms. The Bertz CT molecular complexity index is 1610. The summed E-state index contributed by atoms with van der Waals surface area (Å²) >= 11 is 0. The fraction of sp³-hybridized carbons (Fsp3) is 0.120. The minimum Gasteiger partial charge on any atom is -0.398 e. The number of fused-ring (bicyclic) bond motifs is 2. The Morgan fingerprint density at radius 2 is 1.55 bits per heavy atom. The van der Waals surface area contributed by atoms with Crippen molar-refractivity contribution in [3.8, 4) is 16.9 Å². The van der Waals surface area contributed by atoms with Crippen molar-refractivity contribution in [3.63, 3.8) is 0 Å². The number of nitrogens with two attached hydrogens (primary N) is 1. The van der Waals surface area contributed by atoms with Gasteiger partial charge in [-0.3, -0.25) is 13.9 Å². The smallest absolute Gasteiger partial charge is 0.330 e. The number of rotatable bonds is 2. The van der Waals surface area contributed by atoms with Crippen LogP contribution in [0, 0.1) is 6.92 Å². The molecule has 0 saturated heterocycles. The van der Waals surface area contributed by atoms with E-state index < -0.39 is 0 Å². The van der Waals surface area contributed by atoms with Crippen molar-refractivity contribution in [2.75, 3.05) is 5.73 Å². The molecule has 5 rings (SSSR count). The molecule has 0 bridgehead atoms. The van der Waals surface area contributed by atoms with E-state index >= 15 is 0 Å². The molecule has 0 spiro atoms. The van der Waals surface area contributed by atoms with Crippen molar-refractivity contribution in [1.29, 1.82) is 0 Å². The van der Waals surface area contributed by atoms with Crippen LogP contribution in [0.25, 0.3) is 38.6 Å². The molecule has 6 heteroatoms. The molecule has 0 unspecified atom stereocenters. The Morgan fingerprint density at radius 1 is 0.839 bits per heavy atom. The molecule has 5 aromatic rings. The van der Waals surface area contributed by atoms with Crippen LogP contribution >= 0.6 is 0 Å². The molecule has 0 saturated carbocycles. The van der Waals surface area contributed by atoms with Gasteiger partial charge in [-0.1, -0.05) is 48.0 Å². The van der Waals surface area contributed by atoms with Gasteiger partial charge in [0.25, 0.3) is 5.56 Å². The van der Waals surface area contributed by atoms with Gasteiger partial charge in [-0.15, -0.1) is 0 Å². The third-order valence-electron chi connectivity index (χ3n) is 5.90. The number of benzene rings is 3. The van der Waals surface area contributed by atoms with Gasteiger partial charge in [0, 0.05) is 31.4 Å². The summed E-state index contributed by atoms with van der Waals surface area (Å²) in [6.07, 6.45) is 1.86. The first-order valence-corrected chi connectivity index (χ1v) is 10.0. The summed E-state index contributed by atoms with van der Waals surface area (Å²) in [7, 11) is 3.20. The molecular weight excluding hydrogens is 388 g/mol. The van der Waals surface area contributed by atoms with Crippen molar-refractivity contribution >= 4 is 27.4 Å². The van der Waals surface area contributed by atoms with Crippen molar-refractivity contribution in [1.82, 2.24) is 13.7 Å².